The molecule has 2 saturated heterocycles. The Bertz CT molecular complexity index is 571. The Labute approximate surface area is 144 Å². The minimum absolute atomic E-state index is 0.0496. The van der Waals surface area contributed by atoms with Gasteiger partial charge < -0.3 is 14.6 Å². The fraction of sp³-hybridized carbons (Fsp3) is 0.778. The van der Waals surface area contributed by atoms with Gasteiger partial charge in [-0.3, -0.25) is 9.69 Å². The van der Waals surface area contributed by atoms with Crippen molar-refractivity contribution in [2.45, 2.75) is 51.7 Å². The van der Waals surface area contributed by atoms with Crippen LogP contribution in [-0.2, 0) is 18.4 Å². The number of likely N-dealkylation sites (tertiary alicyclic amines) is 2. The zero-order valence-electron chi connectivity index (χ0n) is 15.1. The molecule has 0 bridgehead atoms. The van der Waals surface area contributed by atoms with Crippen molar-refractivity contribution in [2.75, 3.05) is 19.7 Å². The number of hydrogen-bond donors (Lipinski definition) is 1. The van der Waals surface area contributed by atoms with Gasteiger partial charge in [-0.1, -0.05) is 13.8 Å². The number of aliphatic hydroxyl groups is 1. The van der Waals surface area contributed by atoms with E-state index in [1.165, 1.54) is 0 Å². The largest absolute Gasteiger partial charge is 0.394 e. The molecule has 0 radical (unpaired) electrons. The summed E-state index contributed by atoms with van der Waals surface area (Å²) in [5, 5.41) is 9.80. The van der Waals surface area contributed by atoms with E-state index in [1.807, 2.05) is 24.3 Å². The van der Waals surface area contributed by atoms with E-state index < -0.39 is 0 Å². The number of aliphatic hydroxyl groups excluding tert-OH is 1. The highest BCUT2D eigenvalue weighted by atomic mass is 16.3. The minimum Gasteiger partial charge on any atom is -0.394 e. The second-order valence-corrected chi connectivity index (χ2v) is 7.64. The van der Waals surface area contributed by atoms with Crippen LogP contribution < -0.4 is 0 Å². The highest BCUT2D eigenvalue weighted by Crippen LogP contribution is 2.34. The predicted molar refractivity (Wildman–Crippen MR) is 92.2 cm³/mol. The normalized spacial score (nSPS) is 26.7. The lowest BCUT2D eigenvalue weighted by Gasteiger charge is -2.50. The van der Waals surface area contributed by atoms with Crippen molar-refractivity contribution in [3.8, 4) is 0 Å². The fourth-order valence-corrected chi connectivity index (χ4v) is 4.31. The zero-order chi connectivity index (χ0) is 17.3. The summed E-state index contributed by atoms with van der Waals surface area (Å²) in [5.41, 5.74) is 0. The summed E-state index contributed by atoms with van der Waals surface area (Å²) in [6, 6.07) is 0.231. The second kappa shape index (κ2) is 7.23. The van der Waals surface area contributed by atoms with Crippen molar-refractivity contribution >= 4 is 5.91 Å². The number of rotatable bonds is 5. The third-order valence-corrected chi connectivity index (χ3v) is 5.75. The average Bonchev–Trinajstić information content (AvgIpc) is 2.95. The van der Waals surface area contributed by atoms with Gasteiger partial charge in [0.25, 0.3) is 0 Å². The summed E-state index contributed by atoms with van der Waals surface area (Å²) < 4.78 is 2.07. The molecule has 2 aliphatic rings. The summed E-state index contributed by atoms with van der Waals surface area (Å²) >= 11 is 0. The summed E-state index contributed by atoms with van der Waals surface area (Å²) in [7, 11) is 2.03. The SMILES string of the molecule is CC(C)[C@@H](CO)N1C(=O)CC[C@@H]2CN(Cc3nccn3C)CC[C@@H]21. The maximum Gasteiger partial charge on any atom is 0.223 e. The van der Waals surface area contributed by atoms with Gasteiger partial charge in [0.15, 0.2) is 0 Å². The molecule has 0 unspecified atom stereocenters. The van der Waals surface area contributed by atoms with E-state index >= 15 is 0 Å². The molecule has 0 aromatic carbocycles. The molecule has 1 aromatic rings. The number of fused-ring (bicyclic) bond motifs is 1. The quantitative estimate of drug-likeness (QED) is 0.880. The van der Waals surface area contributed by atoms with Crippen molar-refractivity contribution in [1.29, 1.82) is 0 Å². The summed E-state index contributed by atoms with van der Waals surface area (Å²) in [6.45, 7) is 7.10. The summed E-state index contributed by atoms with van der Waals surface area (Å²) in [6.07, 6.45) is 6.40. The number of piperidine rings is 2. The van der Waals surface area contributed by atoms with Crippen LogP contribution >= 0.6 is 0 Å². The molecule has 6 heteroatoms. The van der Waals surface area contributed by atoms with E-state index in [0.29, 0.717) is 12.3 Å². The Morgan fingerprint density at radius 1 is 1.38 bits per heavy atom. The Hall–Kier alpha value is -1.40. The molecule has 0 aliphatic carbocycles. The lowest BCUT2D eigenvalue weighted by molar-refractivity contribution is -0.148. The lowest BCUT2D eigenvalue weighted by Crippen LogP contribution is -2.60. The number of carbonyl (C=O) groups excluding carboxylic acids is 1. The molecule has 6 nitrogen and oxygen atoms in total. The van der Waals surface area contributed by atoms with Crippen molar-refractivity contribution in [3.05, 3.63) is 18.2 Å². The molecular weight excluding hydrogens is 304 g/mol. The van der Waals surface area contributed by atoms with Gasteiger partial charge in [0.1, 0.15) is 5.82 Å². The number of amides is 1. The third kappa shape index (κ3) is 3.35. The van der Waals surface area contributed by atoms with Crippen LogP contribution in [0.3, 0.4) is 0 Å². The lowest BCUT2D eigenvalue weighted by atomic mass is 9.81. The second-order valence-electron chi connectivity index (χ2n) is 7.64. The van der Waals surface area contributed by atoms with Gasteiger partial charge in [0.05, 0.1) is 19.2 Å². The minimum atomic E-state index is -0.0496. The van der Waals surface area contributed by atoms with Crippen LogP contribution in [0, 0.1) is 11.8 Å². The van der Waals surface area contributed by atoms with E-state index in [0.717, 1.165) is 38.3 Å². The molecular formula is C18H30N4O2. The molecule has 24 heavy (non-hydrogen) atoms. The first-order valence-corrected chi connectivity index (χ1v) is 9.11. The van der Waals surface area contributed by atoms with Gasteiger partial charge in [-0.2, -0.15) is 0 Å². The Morgan fingerprint density at radius 2 is 2.17 bits per heavy atom. The first kappa shape index (κ1) is 17.4. The monoisotopic (exact) mass is 334 g/mol. The molecule has 0 saturated carbocycles. The summed E-state index contributed by atoms with van der Waals surface area (Å²) in [4.78, 5) is 21.4. The molecule has 0 spiro atoms. The van der Waals surface area contributed by atoms with E-state index in [4.69, 9.17) is 0 Å². The maximum absolute atomic E-state index is 12.5. The standard InChI is InChI=1S/C18H30N4O2/c1-13(2)16(12-23)22-15-6-8-21(10-14(15)4-5-18(22)24)11-17-19-7-9-20(17)3/h7,9,13-16,23H,4-6,8,10-12H2,1-3H3/t14-,15+,16-/m1/s1. The molecule has 134 valence electrons. The number of imidazole rings is 1. The summed E-state index contributed by atoms with van der Waals surface area (Å²) in [5.74, 6) is 2.10. The van der Waals surface area contributed by atoms with Crippen LogP contribution in [-0.4, -0.2) is 62.1 Å². The first-order valence-electron chi connectivity index (χ1n) is 9.11. The number of hydrogen-bond acceptors (Lipinski definition) is 4. The number of nitrogens with zero attached hydrogens (tertiary/aromatic N) is 4. The third-order valence-electron chi connectivity index (χ3n) is 5.75. The van der Waals surface area contributed by atoms with Crippen molar-refractivity contribution in [1.82, 2.24) is 19.4 Å². The van der Waals surface area contributed by atoms with Crippen molar-refractivity contribution in [2.24, 2.45) is 18.9 Å². The molecule has 3 atom stereocenters. The molecule has 2 aliphatic heterocycles. The van der Waals surface area contributed by atoms with Crippen LogP contribution in [0.25, 0.3) is 0 Å². The highest BCUT2D eigenvalue weighted by Gasteiger charge is 2.42. The Morgan fingerprint density at radius 3 is 2.79 bits per heavy atom. The van der Waals surface area contributed by atoms with Gasteiger partial charge in [-0.15, -0.1) is 0 Å². The van der Waals surface area contributed by atoms with Crippen LogP contribution in [0.1, 0.15) is 38.9 Å². The highest BCUT2D eigenvalue weighted by molar-refractivity contribution is 5.78. The van der Waals surface area contributed by atoms with E-state index in [-0.39, 0.29) is 30.5 Å². The van der Waals surface area contributed by atoms with Crippen LogP contribution in [0.2, 0.25) is 0 Å². The number of aryl methyl sites for hydroxylation is 1. The predicted octanol–water partition coefficient (Wildman–Crippen LogP) is 1.25. The molecule has 3 rings (SSSR count). The van der Waals surface area contributed by atoms with Crippen molar-refractivity contribution in [3.63, 3.8) is 0 Å². The molecule has 1 N–H and O–H groups in total. The number of carbonyl (C=O) groups is 1. The molecule has 1 aromatic heterocycles. The molecule has 2 fully saturated rings. The smallest absolute Gasteiger partial charge is 0.223 e. The van der Waals surface area contributed by atoms with Crippen LogP contribution in [0.4, 0.5) is 0 Å². The fourth-order valence-electron chi connectivity index (χ4n) is 4.31. The van der Waals surface area contributed by atoms with Crippen LogP contribution in [0.5, 0.6) is 0 Å². The van der Waals surface area contributed by atoms with E-state index in [9.17, 15) is 9.90 Å². The Kier molecular flexibility index (Phi) is 5.25. The van der Waals surface area contributed by atoms with Crippen molar-refractivity contribution < 1.29 is 9.90 Å². The maximum atomic E-state index is 12.5. The molecule has 3 heterocycles. The number of aromatic nitrogens is 2. The topological polar surface area (TPSA) is 61.6 Å². The van der Waals surface area contributed by atoms with E-state index in [1.54, 1.807) is 0 Å². The van der Waals surface area contributed by atoms with E-state index in [2.05, 4.69) is 28.3 Å². The van der Waals surface area contributed by atoms with Gasteiger partial charge in [0.2, 0.25) is 5.91 Å². The van der Waals surface area contributed by atoms with Gasteiger partial charge >= 0.3 is 0 Å². The van der Waals surface area contributed by atoms with Gasteiger partial charge in [-0.25, -0.2) is 4.98 Å². The average molecular weight is 334 g/mol. The van der Waals surface area contributed by atoms with Crippen LogP contribution in [0.15, 0.2) is 12.4 Å². The van der Waals surface area contributed by atoms with Gasteiger partial charge in [-0.05, 0) is 24.7 Å². The Balaban J connectivity index is 1.69. The first-order chi connectivity index (χ1) is 11.5. The zero-order valence-corrected chi connectivity index (χ0v) is 15.1. The molecule has 1 amide bonds. The van der Waals surface area contributed by atoms with Gasteiger partial charge in [0, 0.05) is 45.0 Å².